The molecule has 0 saturated carbocycles. The van der Waals surface area contributed by atoms with Crippen LogP contribution in [-0.2, 0) is 11.3 Å². The van der Waals surface area contributed by atoms with E-state index < -0.39 is 5.82 Å². The molecule has 0 N–H and O–H groups in total. The molecule has 1 saturated heterocycles. The van der Waals surface area contributed by atoms with E-state index in [9.17, 15) is 4.39 Å². The minimum Gasteiger partial charge on any atom is -0.380 e. The molecule has 4 heteroatoms. The van der Waals surface area contributed by atoms with E-state index in [1.807, 2.05) is 6.07 Å². The number of benzene rings is 1. The topological polar surface area (TPSA) is 36.3 Å². The van der Waals surface area contributed by atoms with E-state index >= 15 is 0 Å². The number of ether oxygens (including phenoxy) is 1. The largest absolute Gasteiger partial charge is 0.380 e. The smallest absolute Gasteiger partial charge is 0.140 e. The molecule has 0 bridgehead atoms. The number of likely N-dealkylation sites (tertiary alicyclic amines) is 1. The quantitative estimate of drug-likeness (QED) is 0.823. The molecule has 1 aromatic rings. The highest BCUT2D eigenvalue weighted by Gasteiger charge is 2.19. The first kappa shape index (κ1) is 13.0. The van der Waals surface area contributed by atoms with Gasteiger partial charge in [-0.1, -0.05) is 6.07 Å². The Morgan fingerprint density at radius 2 is 2.39 bits per heavy atom. The Labute approximate surface area is 107 Å². The molecule has 1 aliphatic heterocycles. The van der Waals surface area contributed by atoms with Crippen LogP contribution in [0.3, 0.4) is 0 Å². The molecule has 0 radical (unpaired) electrons. The molecule has 96 valence electrons. The lowest BCUT2D eigenvalue weighted by atomic mass is 10.1. The van der Waals surface area contributed by atoms with Gasteiger partial charge < -0.3 is 4.74 Å². The Bertz CT molecular complexity index is 456. The van der Waals surface area contributed by atoms with E-state index in [-0.39, 0.29) is 11.7 Å². The summed E-state index contributed by atoms with van der Waals surface area (Å²) in [5.41, 5.74) is 1.09. The summed E-state index contributed by atoms with van der Waals surface area (Å²) < 4.78 is 18.6. The van der Waals surface area contributed by atoms with Gasteiger partial charge in [-0.3, -0.25) is 4.90 Å². The molecule has 18 heavy (non-hydrogen) atoms. The van der Waals surface area contributed by atoms with Crippen molar-refractivity contribution in [2.75, 3.05) is 20.2 Å². The predicted octanol–water partition coefficient (Wildman–Crippen LogP) is 2.31. The van der Waals surface area contributed by atoms with Gasteiger partial charge >= 0.3 is 0 Å². The highest BCUT2D eigenvalue weighted by atomic mass is 19.1. The summed E-state index contributed by atoms with van der Waals surface area (Å²) in [5, 5.41) is 8.81. The molecule has 0 aliphatic carbocycles. The zero-order valence-corrected chi connectivity index (χ0v) is 10.5. The van der Waals surface area contributed by atoms with Crippen LogP contribution in [0.4, 0.5) is 4.39 Å². The number of hydrogen-bond acceptors (Lipinski definition) is 3. The standard InChI is InChI=1S/C14H17FN2O/c1-18-13-3-2-6-17(10-13)9-11-4-5-14(15)12(7-11)8-16/h4-5,7,13H,2-3,6,9-10H2,1H3. The molecule has 1 atom stereocenters. The number of methoxy groups -OCH3 is 1. The van der Waals surface area contributed by atoms with Crippen LogP contribution in [0.15, 0.2) is 18.2 Å². The molecule has 1 aromatic carbocycles. The zero-order valence-electron chi connectivity index (χ0n) is 10.5. The molecule has 1 aliphatic rings. The maximum absolute atomic E-state index is 13.2. The molecule has 3 nitrogen and oxygen atoms in total. The van der Waals surface area contributed by atoms with Crippen LogP contribution >= 0.6 is 0 Å². The summed E-state index contributed by atoms with van der Waals surface area (Å²) in [5.74, 6) is -0.449. The molecule has 1 unspecified atom stereocenters. The number of hydrogen-bond donors (Lipinski definition) is 0. The fourth-order valence-electron chi connectivity index (χ4n) is 2.36. The maximum Gasteiger partial charge on any atom is 0.140 e. The van der Waals surface area contributed by atoms with Gasteiger partial charge in [0, 0.05) is 20.2 Å². The van der Waals surface area contributed by atoms with Crippen molar-refractivity contribution in [1.29, 1.82) is 5.26 Å². The monoisotopic (exact) mass is 248 g/mol. The molecule has 1 heterocycles. The van der Waals surface area contributed by atoms with Gasteiger partial charge in [0.2, 0.25) is 0 Å². The molecular weight excluding hydrogens is 231 g/mol. The molecule has 1 fully saturated rings. The molecule has 0 amide bonds. The normalized spacial score (nSPS) is 20.6. The van der Waals surface area contributed by atoms with Crippen molar-refractivity contribution in [2.24, 2.45) is 0 Å². The second-order valence-electron chi connectivity index (χ2n) is 4.66. The van der Waals surface area contributed by atoms with Gasteiger partial charge in [-0.15, -0.1) is 0 Å². The summed E-state index contributed by atoms with van der Waals surface area (Å²) in [6.07, 6.45) is 2.50. The van der Waals surface area contributed by atoms with E-state index in [1.165, 1.54) is 6.07 Å². The van der Waals surface area contributed by atoms with Crippen molar-refractivity contribution < 1.29 is 9.13 Å². The van der Waals surface area contributed by atoms with Crippen LogP contribution in [0, 0.1) is 17.1 Å². The van der Waals surface area contributed by atoms with E-state index in [0.29, 0.717) is 0 Å². The van der Waals surface area contributed by atoms with Gasteiger partial charge in [0.25, 0.3) is 0 Å². The van der Waals surface area contributed by atoms with Gasteiger partial charge in [0.05, 0.1) is 11.7 Å². The summed E-state index contributed by atoms with van der Waals surface area (Å²) in [4.78, 5) is 2.28. The Kier molecular flexibility index (Phi) is 4.29. The Hall–Kier alpha value is -1.44. The first-order valence-corrected chi connectivity index (χ1v) is 6.16. The van der Waals surface area contributed by atoms with E-state index in [2.05, 4.69) is 4.90 Å². The lowest BCUT2D eigenvalue weighted by Gasteiger charge is -2.31. The molecule has 2 rings (SSSR count). The fraction of sp³-hybridized carbons (Fsp3) is 0.500. The minimum atomic E-state index is -0.449. The Morgan fingerprint density at radius 3 is 3.11 bits per heavy atom. The Morgan fingerprint density at radius 1 is 1.56 bits per heavy atom. The third-order valence-electron chi connectivity index (χ3n) is 3.35. The number of nitrogens with zero attached hydrogens (tertiary/aromatic N) is 2. The van der Waals surface area contributed by atoms with Crippen LogP contribution in [0.25, 0.3) is 0 Å². The second-order valence-corrected chi connectivity index (χ2v) is 4.66. The van der Waals surface area contributed by atoms with Crippen LogP contribution in [0.1, 0.15) is 24.0 Å². The summed E-state index contributed by atoms with van der Waals surface area (Å²) >= 11 is 0. The summed E-state index contributed by atoms with van der Waals surface area (Å²) in [7, 11) is 1.74. The first-order chi connectivity index (χ1) is 8.72. The van der Waals surface area contributed by atoms with Crippen LogP contribution in [-0.4, -0.2) is 31.2 Å². The van der Waals surface area contributed by atoms with Gasteiger partial charge in [-0.2, -0.15) is 5.26 Å². The maximum atomic E-state index is 13.2. The third kappa shape index (κ3) is 3.06. The van der Waals surface area contributed by atoms with Crippen molar-refractivity contribution in [3.63, 3.8) is 0 Å². The third-order valence-corrected chi connectivity index (χ3v) is 3.35. The number of nitriles is 1. The zero-order chi connectivity index (χ0) is 13.0. The van der Waals surface area contributed by atoms with E-state index in [4.69, 9.17) is 10.00 Å². The number of halogens is 1. The number of rotatable bonds is 3. The van der Waals surface area contributed by atoms with Gasteiger partial charge in [0.15, 0.2) is 0 Å². The highest BCUT2D eigenvalue weighted by Crippen LogP contribution is 2.17. The second kappa shape index (κ2) is 5.94. The lowest BCUT2D eigenvalue weighted by molar-refractivity contribution is 0.0285. The highest BCUT2D eigenvalue weighted by molar-refractivity contribution is 5.34. The Balaban J connectivity index is 2.03. The van der Waals surface area contributed by atoms with Crippen molar-refractivity contribution in [3.05, 3.63) is 35.1 Å². The van der Waals surface area contributed by atoms with Crippen LogP contribution in [0.5, 0.6) is 0 Å². The van der Waals surface area contributed by atoms with Crippen molar-refractivity contribution in [3.8, 4) is 6.07 Å². The predicted molar refractivity (Wildman–Crippen MR) is 66.4 cm³/mol. The average molecular weight is 248 g/mol. The SMILES string of the molecule is COC1CCCN(Cc2ccc(F)c(C#N)c2)C1. The van der Waals surface area contributed by atoms with Crippen LogP contribution < -0.4 is 0 Å². The fourth-order valence-corrected chi connectivity index (χ4v) is 2.36. The van der Waals surface area contributed by atoms with E-state index in [1.54, 1.807) is 19.2 Å². The number of piperidine rings is 1. The van der Waals surface area contributed by atoms with Gasteiger partial charge in [0.1, 0.15) is 11.9 Å². The van der Waals surface area contributed by atoms with E-state index in [0.717, 1.165) is 38.0 Å². The minimum absolute atomic E-state index is 0.118. The average Bonchev–Trinajstić information content (AvgIpc) is 2.41. The van der Waals surface area contributed by atoms with Crippen molar-refractivity contribution in [1.82, 2.24) is 4.90 Å². The van der Waals surface area contributed by atoms with Crippen LogP contribution in [0.2, 0.25) is 0 Å². The first-order valence-electron chi connectivity index (χ1n) is 6.16. The van der Waals surface area contributed by atoms with Crippen molar-refractivity contribution >= 4 is 0 Å². The molecular formula is C14H17FN2O. The summed E-state index contributed by atoms with van der Waals surface area (Å²) in [6, 6.07) is 6.61. The molecule has 0 aromatic heterocycles. The van der Waals surface area contributed by atoms with Crippen molar-refractivity contribution in [2.45, 2.75) is 25.5 Å². The summed E-state index contributed by atoms with van der Waals surface area (Å²) in [6.45, 7) is 2.67. The lowest BCUT2D eigenvalue weighted by Crippen LogP contribution is -2.38. The molecule has 0 spiro atoms. The van der Waals surface area contributed by atoms with Gasteiger partial charge in [-0.25, -0.2) is 4.39 Å². The van der Waals surface area contributed by atoms with Gasteiger partial charge in [-0.05, 0) is 37.1 Å².